The molecule has 2 aromatic rings. The first-order valence-corrected chi connectivity index (χ1v) is 12.7. The van der Waals surface area contributed by atoms with Crippen molar-refractivity contribution in [1.29, 1.82) is 0 Å². The van der Waals surface area contributed by atoms with Crippen molar-refractivity contribution in [2.45, 2.75) is 44.6 Å². The Hall–Kier alpha value is -3.78. The molecule has 38 heavy (non-hydrogen) atoms. The van der Waals surface area contributed by atoms with Crippen LogP contribution in [0.3, 0.4) is 0 Å². The number of phenols is 1. The van der Waals surface area contributed by atoms with Gasteiger partial charge in [0.15, 0.2) is 28.7 Å². The van der Waals surface area contributed by atoms with Crippen molar-refractivity contribution >= 4 is 34.7 Å². The zero-order valence-corrected chi connectivity index (χ0v) is 21.0. The monoisotopic (exact) mass is 516 g/mol. The molecule has 7 atom stereocenters. The van der Waals surface area contributed by atoms with Gasteiger partial charge in [-0.2, -0.15) is 0 Å². The van der Waals surface area contributed by atoms with Crippen LogP contribution in [0.25, 0.3) is 0 Å². The molecule has 5 rings (SSSR count). The summed E-state index contributed by atoms with van der Waals surface area (Å²) in [5.41, 5.74) is -1.55. The molecular weight excluding hydrogens is 488 g/mol. The smallest absolute Gasteiger partial charge is 0.190 e. The molecule has 0 radical (unpaired) electrons. The number of Topliss-reactive ketones (excluding diaryl/α,β-unsaturated/α-hetero) is 6. The number of ketones is 6. The summed E-state index contributed by atoms with van der Waals surface area (Å²) in [6.45, 7) is 2.82. The molecule has 2 fully saturated rings. The number of benzene rings is 2. The molecule has 0 amide bonds. The summed E-state index contributed by atoms with van der Waals surface area (Å²) in [5.74, 6) is -11.8. The minimum absolute atomic E-state index is 0.0477. The first-order chi connectivity index (χ1) is 18.0. The quantitative estimate of drug-likeness (QED) is 0.577. The van der Waals surface area contributed by atoms with Gasteiger partial charge in [0.1, 0.15) is 23.2 Å². The van der Waals surface area contributed by atoms with E-state index in [1.54, 1.807) is 43.3 Å². The predicted octanol–water partition coefficient (Wildman–Crippen LogP) is 2.42. The van der Waals surface area contributed by atoms with E-state index in [2.05, 4.69) is 0 Å². The Balaban J connectivity index is 1.64. The molecule has 0 bridgehead atoms. The van der Waals surface area contributed by atoms with Gasteiger partial charge in [-0.3, -0.25) is 28.8 Å². The van der Waals surface area contributed by atoms with Crippen LogP contribution in [-0.2, 0) is 30.4 Å². The lowest BCUT2D eigenvalue weighted by Gasteiger charge is -2.54. The maximum absolute atomic E-state index is 13.9. The van der Waals surface area contributed by atoms with Gasteiger partial charge in [0.05, 0.1) is 11.5 Å². The normalized spacial score (nSPS) is 32.3. The highest BCUT2D eigenvalue weighted by Crippen LogP contribution is 2.57. The number of fused-ring (bicyclic) bond motifs is 3. The van der Waals surface area contributed by atoms with E-state index < -0.39 is 76.4 Å². The van der Waals surface area contributed by atoms with E-state index >= 15 is 0 Å². The predicted molar refractivity (Wildman–Crippen MR) is 133 cm³/mol. The van der Waals surface area contributed by atoms with E-state index in [-0.39, 0.29) is 29.9 Å². The molecule has 2 N–H and O–H groups in total. The van der Waals surface area contributed by atoms with Crippen molar-refractivity contribution in [3.8, 4) is 5.75 Å². The van der Waals surface area contributed by atoms with Crippen LogP contribution in [0.4, 0.5) is 0 Å². The Bertz CT molecular complexity index is 1390. The highest BCUT2D eigenvalue weighted by atomic mass is 16.3. The molecule has 0 aliphatic heterocycles. The molecule has 3 aliphatic rings. The minimum atomic E-state index is -2.76. The van der Waals surface area contributed by atoms with Crippen LogP contribution in [0.15, 0.2) is 48.5 Å². The Morgan fingerprint density at radius 2 is 1.66 bits per heavy atom. The maximum Gasteiger partial charge on any atom is 0.190 e. The van der Waals surface area contributed by atoms with Gasteiger partial charge in [-0.15, -0.1) is 0 Å². The van der Waals surface area contributed by atoms with Gasteiger partial charge in [-0.1, -0.05) is 49.4 Å². The van der Waals surface area contributed by atoms with Gasteiger partial charge in [-0.05, 0) is 41.9 Å². The fourth-order valence-electron chi connectivity index (χ4n) is 7.09. The number of hydrogen-bond donors (Lipinski definition) is 2. The first-order valence-electron chi connectivity index (χ1n) is 12.7. The van der Waals surface area contributed by atoms with Gasteiger partial charge < -0.3 is 10.2 Å². The maximum atomic E-state index is 13.9. The summed E-state index contributed by atoms with van der Waals surface area (Å²) in [7, 11) is 0. The molecule has 8 nitrogen and oxygen atoms in total. The lowest BCUT2D eigenvalue weighted by molar-refractivity contribution is -0.183. The molecule has 196 valence electrons. The molecule has 0 heterocycles. The van der Waals surface area contributed by atoms with E-state index in [4.69, 9.17) is 0 Å². The van der Waals surface area contributed by atoms with Crippen LogP contribution in [0.1, 0.15) is 54.1 Å². The molecule has 3 aliphatic carbocycles. The molecule has 8 heteroatoms. The number of aromatic hydroxyl groups is 1. The van der Waals surface area contributed by atoms with Crippen LogP contribution in [0.5, 0.6) is 5.75 Å². The summed E-state index contributed by atoms with van der Waals surface area (Å²) in [6.07, 6.45) is -0.544. The Morgan fingerprint density at radius 3 is 2.32 bits per heavy atom. The van der Waals surface area contributed by atoms with E-state index in [1.165, 1.54) is 6.07 Å². The largest absolute Gasteiger partial charge is 0.507 e. The standard InChI is InChI=1S/C30H28O8/c1-14-18-9-6-10-21(33)25(18)27(35)26-23(14)19(12-17(32)11-16-7-4-3-5-8-16)20-13-22(34)24(15(2)31)28(36)30(20,38)29(26)37/h3-10,14,19-20,23-24,26,33,38H,11-13H2,1-2H3/t14-,19+,20+,23-,24?,26?,30+/m0/s1. The fourth-order valence-corrected chi connectivity index (χ4v) is 7.09. The molecule has 2 unspecified atom stereocenters. The number of carbonyl (C=O) groups excluding carboxylic acids is 6. The third kappa shape index (κ3) is 3.69. The summed E-state index contributed by atoms with van der Waals surface area (Å²) < 4.78 is 0. The number of phenolic OH excluding ortho intramolecular Hbond substituents is 1. The highest BCUT2D eigenvalue weighted by molar-refractivity contribution is 6.31. The third-order valence-corrected chi connectivity index (χ3v) is 8.76. The van der Waals surface area contributed by atoms with Crippen molar-refractivity contribution in [2.75, 3.05) is 0 Å². The lowest BCUT2D eigenvalue weighted by Crippen LogP contribution is -2.70. The third-order valence-electron chi connectivity index (χ3n) is 8.76. The summed E-state index contributed by atoms with van der Waals surface area (Å²) in [6, 6.07) is 13.6. The van der Waals surface area contributed by atoms with E-state index in [0.29, 0.717) is 5.56 Å². The van der Waals surface area contributed by atoms with Gasteiger partial charge >= 0.3 is 0 Å². The number of rotatable bonds is 5. The Morgan fingerprint density at radius 1 is 0.974 bits per heavy atom. The summed E-state index contributed by atoms with van der Waals surface area (Å²) >= 11 is 0. The van der Waals surface area contributed by atoms with Gasteiger partial charge in [-0.25, -0.2) is 0 Å². The molecule has 0 aromatic heterocycles. The molecule has 0 saturated heterocycles. The highest BCUT2D eigenvalue weighted by Gasteiger charge is 2.69. The van der Waals surface area contributed by atoms with Crippen LogP contribution in [-0.4, -0.2) is 50.5 Å². The SMILES string of the molecule is CC(=O)C1C(=O)C[C@@H]2[C@@H](CC(=O)Cc3ccccc3)[C@H]3C(C(=O)c4c(O)cccc4[C@@H]3C)C(=O)[C@]2(O)C1=O. The summed E-state index contributed by atoms with van der Waals surface area (Å²) in [5, 5.41) is 22.3. The average molecular weight is 517 g/mol. The lowest BCUT2D eigenvalue weighted by atomic mass is 9.47. The zero-order chi connectivity index (χ0) is 27.5. The Labute approximate surface area is 219 Å². The molecule has 0 spiro atoms. The molecule has 2 aromatic carbocycles. The number of carbonyl (C=O) groups is 6. The van der Waals surface area contributed by atoms with Crippen molar-refractivity contribution in [3.05, 3.63) is 65.2 Å². The van der Waals surface area contributed by atoms with Gasteiger partial charge in [0, 0.05) is 25.2 Å². The number of hydrogen-bond acceptors (Lipinski definition) is 8. The zero-order valence-electron chi connectivity index (χ0n) is 21.0. The van der Waals surface area contributed by atoms with E-state index in [0.717, 1.165) is 12.5 Å². The van der Waals surface area contributed by atoms with Crippen LogP contribution >= 0.6 is 0 Å². The van der Waals surface area contributed by atoms with Crippen LogP contribution in [0, 0.1) is 29.6 Å². The topological polar surface area (TPSA) is 143 Å². The van der Waals surface area contributed by atoms with E-state index in [1.807, 2.05) is 6.07 Å². The van der Waals surface area contributed by atoms with Crippen molar-refractivity contribution in [1.82, 2.24) is 0 Å². The minimum Gasteiger partial charge on any atom is -0.507 e. The van der Waals surface area contributed by atoms with Crippen molar-refractivity contribution < 1.29 is 39.0 Å². The number of aliphatic hydroxyl groups is 1. The fraction of sp³-hybridized carbons (Fsp3) is 0.400. The first kappa shape index (κ1) is 25.9. The second-order valence-electron chi connectivity index (χ2n) is 10.8. The average Bonchev–Trinajstić information content (AvgIpc) is 2.86. The second-order valence-corrected chi connectivity index (χ2v) is 10.8. The van der Waals surface area contributed by atoms with E-state index in [9.17, 15) is 39.0 Å². The van der Waals surface area contributed by atoms with Crippen LogP contribution in [0.2, 0.25) is 0 Å². The van der Waals surface area contributed by atoms with Crippen molar-refractivity contribution in [2.24, 2.45) is 29.6 Å². The van der Waals surface area contributed by atoms with Gasteiger partial charge in [0.2, 0.25) is 0 Å². The Kier molecular flexibility index (Phi) is 6.26. The molecule has 2 saturated carbocycles. The van der Waals surface area contributed by atoms with Gasteiger partial charge in [0.25, 0.3) is 0 Å². The van der Waals surface area contributed by atoms with Crippen molar-refractivity contribution in [3.63, 3.8) is 0 Å². The molecular formula is C30H28O8. The van der Waals surface area contributed by atoms with Crippen LogP contribution < -0.4 is 0 Å². The summed E-state index contributed by atoms with van der Waals surface area (Å²) in [4.78, 5) is 79.6. The second kappa shape index (κ2) is 9.20.